The molecule has 1 amide bonds. The van der Waals surface area contributed by atoms with Gasteiger partial charge in [0.15, 0.2) is 0 Å². The van der Waals surface area contributed by atoms with Crippen molar-refractivity contribution in [2.45, 2.75) is 31.7 Å². The van der Waals surface area contributed by atoms with Gasteiger partial charge in [-0.3, -0.25) is 4.79 Å². The number of carbonyl (C=O) groups is 1. The third kappa shape index (κ3) is 3.55. The molecule has 1 aromatic heterocycles. The fourth-order valence-corrected chi connectivity index (χ4v) is 5.13. The van der Waals surface area contributed by atoms with Crippen LogP contribution in [-0.2, 0) is 11.3 Å². The summed E-state index contributed by atoms with van der Waals surface area (Å²) in [5, 5.41) is 7.98. The second-order valence-electron chi connectivity index (χ2n) is 8.05. The second kappa shape index (κ2) is 7.64. The van der Waals surface area contributed by atoms with E-state index >= 15 is 0 Å². The Kier molecular flexibility index (Phi) is 4.84. The number of hydrogen-bond donors (Lipinski definition) is 1. The van der Waals surface area contributed by atoms with Crippen molar-refractivity contribution in [1.29, 1.82) is 0 Å². The first-order valence-corrected chi connectivity index (χ1v) is 10.5. The Hall–Kier alpha value is -2.66. The van der Waals surface area contributed by atoms with Crippen molar-refractivity contribution >= 4 is 17.5 Å². The Morgan fingerprint density at radius 2 is 1.83 bits per heavy atom. The zero-order valence-corrected chi connectivity index (χ0v) is 16.7. The summed E-state index contributed by atoms with van der Waals surface area (Å²) >= 11 is 5.94. The van der Waals surface area contributed by atoms with Crippen molar-refractivity contribution in [3.8, 4) is 11.4 Å². The average molecular weight is 408 g/mol. The summed E-state index contributed by atoms with van der Waals surface area (Å²) in [5.41, 5.74) is 1.96. The number of nitrogens with zero attached hydrogens (tertiary/aromatic N) is 2. The normalized spacial score (nSPS) is 25.3. The van der Waals surface area contributed by atoms with Crippen molar-refractivity contribution < 1.29 is 9.32 Å². The number of halogens is 1. The Morgan fingerprint density at radius 3 is 2.62 bits per heavy atom. The number of nitrogens with one attached hydrogen (secondary N) is 1. The van der Waals surface area contributed by atoms with E-state index < -0.39 is 0 Å². The van der Waals surface area contributed by atoms with Gasteiger partial charge in [0, 0.05) is 17.1 Å². The summed E-state index contributed by atoms with van der Waals surface area (Å²) < 4.78 is 5.66. The molecule has 5 rings (SSSR count). The predicted molar refractivity (Wildman–Crippen MR) is 110 cm³/mol. The van der Waals surface area contributed by atoms with Crippen LogP contribution in [0.15, 0.2) is 59.1 Å². The van der Waals surface area contributed by atoms with E-state index in [1.807, 2.05) is 54.6 Å². The van der Waals surface area contributed by atoms with Gasteiger partial charge in [0.2, 0.25) is 17.6 Å². The Balaban J connectivity index is 1.34. The second-order valence-corrected chi connectivity index (χ2v) is 8.49. The van der Waals surface area contributed by atoms with Crippen LogP contribution in [0.25, 0.3) is 11.4 Å². The molecule has 6 heteroatoms. The molecule has 29 heavy (non-hydrogen) atoms. The summed E-state index contributed by atoms with van der Waals surface area (Å²) in [7, 11) is 0. The van der Waals surface area contributed by atoms with Gasteiger partial charge >= 0.3 is 0 Å². The quantitative estimate of drug-likeness (QED) is 0.657. The van der Waals surface area contributed by atoms with E-state index in [1.165, 1.54) is 0 Å². The molecule has 3 aromatic rings. The molecule has 0 aliphatic heterocycles. The Morgan fingerprint density at radius 1 is 1.07 bits per heavy atom. The van der Waals surface area contributed by atoms with E-state index in [1.54, 1.807) is 0 Å². The maximum absolute atomic E-state index is 13.1. The van der Waals surface area contributed by atoms with Crippen LogP contribution in [0.2, 0.25) is 5.02 Å². The molecule has 1 N–H and O–H groups in total. The Bertz CT molecular complexity index is 1000. The highest BCUT2D eigenvalue weighted by molar-refractivity contribution is 6.30. The third-order valence-electron chi connectivity index (χ3n) is 6.36. The van der Waals surface area contributed by atoms with Crippen LogP contribution in [0.4, 0.5) is 0 Å². The van der Waals surface area contributed by atoms with Gasteiger partial charge in [-0.25, -0.2) is 0 Å². The number of fused-ring (bicyclic) bond motifs is 2. The van der Waals surface area contributed by atoms with Crippen LogP contribution >= 0.6 is 11.6 Å². The molecule has 148 valence electrons. The number of benzene rings is 2. The molecule has 0 spiro atoms. The number of hydrogen-bond acceptors (Lipinski definition) is 4. The fourth-order valence-electron chi connectivity index (χ4n) is 5.01. The zero-order valence-electron chi connectivity index (χ0n) is 15.9. The molecule has 4 atom stereocenters. The summed E-state index contributed by atoms with van der Waals surface area (Å²) in [6.07, 6.45) is 3.28. The highest BCUT2D eigenvalue weighted by Gasteiger charge is 2.53. The molecule has 2 fully saturated rings. The lowest BCUT2D eigenvalue weighted by Gasteiger charge is -2.27. The SMILES string of the molecule is O=C(NCc1ccc(Cl)cc1)[C@H]1[C@H]2CC[C@H](C2)[C@@H]1c1nc(-c2ccccc2)no1. The molecular weight excluding hydrogens is 386 g/mol. The van der Waals surface area contributed by atoms with Crippen molar-refractivity contribution in [2.24, 2.45) is 17.8 Å². The fraction of sp³-hybridized carbons (Fsp3) is 0.348. The lowest BCUT2D eigenvalue weighted by Crippen LogP contribution is -2.37. The minimum atomic E-state index is -0.106. The van der Waals surface area contributed by atoms with Crippen LogP contribution in [-0.4, -0.2) is 16.0 Å². The topological polar surface area (TPSA) is 68.0 Å². The van der Waals surface area contributed by atoms with Gasteiger partial charge in [-0.1, -0.05) is 59.2 Å². The number of amides is 1. The van der Waals surface area contributed by atoms with Crippen molar-refractivity contribution in [1.82, 2.24) is 15.5 Å². The first-order valence-electron chi connectivity index (χ1n) is 10.1. The monoisotopic (exact) mass is 407 g/mol. The lowest BCUT2D eigenvalue weighted by atomic mass is 9.78. The van der Waals surface area contributed by atoms with Crippen LogP contribution in [0.3, 0.4) is 0 Å². The van der Waals surface area contributed by atoms with Crippen LogP contribution < -0.4 is 5.32 Å². The van der Waals surface area contributed by atoms with E-state index in [0.717, 1.165) is 30.4 Å². The first kappa shape index (κ1) is 18.4. The average Bonchev–Trinajstić information content (AvgIpc) is 3.49. The molecule has 2 saturated carbocycles. The highest BCUT2D eigenvalue weighted by atomic mass is 35.5. The lowest BCUT2D eigenvalue weighted by molar-refractivity contribution is -0.127. The van der Waals surface area contributed by atoms with Crippen molar-refractivity contribution in [3.63, 3.8) is 0 Å². The molecule has 0 unspecified atom stereocenters. The summed E-state index contributed by atoms with van der Waals surface area (Å²) in [6.45, 7) is 0.496. The zero-order chi connectivity index (χ0) is 19.8. The van der Waals surface area contributed by atoms with Crippen LogP contribution in [0, 0.1) is 17.8 Å². The molecule has 1 heterocycles. The van der Waals surface area contributed by atoms with Gasteiger partial charge in [-0.2, -0.15) is 4.98 Å². The minimum Gasteiger partial charge on any atom is -0.352 e. The van der Waals surface area contributed by atoms with E-state index in [-0.39, 0.29) is 17.7 Å². The van der Waals surface area contributed by atoms with E-state index in [2.05, 4.69) is 15.5 Å². The standard InChI is InChI=1S/C23H22ClN3O2/c24-18-10-6-14(7-11-18)13-25-22(28)19-16-8-9-17(12-16)20(19)23-26-21(27-29-23)15-4-2-1-3-5-15/h1-7,10-11,16-17,19-20H,8-9,12-13H2,(H,25,28)/t16-,17+,19-,20-/m0/s1. The van der Waals surface area contributed by atoms with Crippen LogP contribution in [0.1, 0.15) is 36.6 Å². The molecule has 2 aliphatic carbocycles. The third-order valence-corrected chi connectivity index (χ3v) is 6.61. The van der Waals surface area contributed by atoms with Gasteiger partial charge in [0.25, 0.3) is 0 Å². The molecular formula is C23H22ClN3O2. The van der Waals surface area contributed by atoms with E-state index in [0.29, 0.717) is 35.1 Å². The van der Waals surface area contributed by atoms with Gasteiger partial charge in [0.05, 0.1) is 11.8 Å². The maximum atomic E-state index is 13.1. The predicted octanol–water partition coefficient (Wildman–Crippen LogP) is 4.84. The van der Waals surface area contributed by atoms with Gasteiger partial charge < -0.3 is 9.84 Å². The highest BCUT2D eigenvalue weighted by Crippen LogP contribution is 2.56. The largest absolute Gasteiger partial charge is 0.352 e. The molecule has 2 aliphatic rings. The molecule has 0 radical (unpaired) electrons. The summed E-state index contributed by atoms with van der Waals surface area (Å²) in [5.74, 6) is 2.00. The van der Waals surface area contributed by atoms with E-state index in [9.17, 15) is 4.79 Å². The Labute approximate surface area is 174 Å². The molecule has 2 bridgehead atoms. The molecule has 2 aromatic carbocycles. The number of rotatable bonds is 5. The maximum Gasteiger partial charge on any atom is 0.231 e. The smallest absolute Gasteiger partial charge is 0.231 e. The first-order chi connectivity index (χ1) is 14.2. The van der Waals surface area contributed by atoms with Gasteiger partial charge in [0.1, 0.15) is 0 Å². The van der Waals surface area contributed by atoms with Crippen LogP contribution in [0.5, 0.6) is 0 Å². The number of aromatic nitrogens is 2. The van der Waals surface area contributed by atoms with Gasteiger partial charge in [-0.05, 0) is 48.8 Å². The molecule has 5 nitrogen and oxygen atoms in total. The minimum absolute atomic E-state index is 0.00364. The van der Waals surface area contributed by atoms with Crippen molar-refractivity contribution in [3.05, 3.63) is 71.1 Å². The number of carbonyl (C=O) groups excluding carboxylic acids is 1. The van der Waals surface area contributed by atoms with Crippen molar-refractivity contribution in [2.75, 3.05) is 0 Å². The summed E-state index contributed by atoms with van der Waals surface area (Å²) in [6, 6.07) is 17.3. The van der Waals surface area contributed by atoms with Gasteiger partial charge in [-0.15, -0.1) is 0 Å². The summed E-state index contributed by atoms with van der Waals surface area (Å²) in [4.78, 5) is 17.8. The van der Waals surface area contributed by atoms with E-state index in [4.69, 9.17) is 16.1 Å². The molecule has 0 saturated heterocycles.